The Labute approximate surface area is 133 Å². The summed E-state index contributed by atoms with van der Waals surface area (Å²) in [6.07, 6.45) is 0. The highest BCUT2D eigenvalue weighted by atomic mass is 35.5. The van der Waals surface area contributed by atoms with E-state index in [0.29, 0.717) is 10.0 Å². The van der Waals surface area contributed by atoms with Gasteiger partial charge in [-0.05, 0) is 43.7 Å². The van der Waals surface area contributed by atoms with Crippen LogP contribution in [0.1, 0.15) is 24.4 Å². The van der Waals surface area contributed by atoms with Crippen LogP contribution < -0.4 is 5.32 Å². The molecule has 1 aromatic heterocycles. The third-order valence-electron chi connectivity index (χ3n) is 3.43. The van der Waals surface area contributed by atoms with Gasteiger partial charge in [-0.15, -0.1) is 0 Å². The van der Waals surface area contributed by atoms with Crippen molar-refractivity contribution in [2.45, 2.75) is 19.9 Å². The van der Waals surface area contributed by atoms with Gasteiger partial charge in [-0.25, -0.2) is 4.98 Å². The number of rotatable bonds is 3. The van der Waals surface area contributed by atoms with E-state index in [-0.39, 0.29) is 6.04 Å². The minimum Gasteiger partial charge on any atom is -0.378 e. The number of aromatic amines is 1. The maximum atomic E-state index is 6.26. The third kappa shape index (κ3) is 2.85. The number of anilines is 1. The van der Waals surface area contributed by atoms with Crippen molar-refractivity contribution in [2.24, 2.45) is 0 Å². The molecule has 21 heavy (non-hydrogen) atoms. The topological polar surface area (TPSA) is 40.7 Å². The first-order valence-corrected chi connectivity index (χ1v) is 7.47. The summed E-state index contributed by atoms with van der Waals surface area (Å²) in [4.78, 5) is 7.63. The highest BCUT2D eigenvalue weighted by Gasteiger charge is 2.12. The van der Waals surface area contributed by atoms with Crippen LogP contribution in [0, 0.1) is 6.92 Å². The van der Waals surface area contributed by atoms with Gasteiger partial charge in [-0.2, -0.15) is 0 Å². The Bertz CT molecular complexity index is 795. The van der Waals surface area contributed by atoms with Gasteiger partial charge in [0.25, 0.3) is 0 Å². The fourth-order valence-corrected chi connectivity index (χ4v) is 2.88. The number of nitrogens with one attached hydrogen (secondary N) is 2. The molecule has 0 saturated heterocycles. The Morgan fingerprint density at radius 2 is 2.00 bits per heavy atom. The number of halogens is 2. The number of hydrogen-bond donors (Lipinski definition) is 2. The average Bonchev–Trinajstić information content (AvgIpc) is 2.81. The van der Waals surface area contributed by atoms with Gasteiger partial charge < -0.3 is 10.3 Å². The molecule has 0 saturated carbocycles. The lowest BCUT2D eigenvalue weighted by Gasteiger charge is -2.17. The zero-order valence-electron chi connectivity index (χ0n) is 11.7. The molecule has 0 bridgehead atoms. The van der Waals surface area contributed by atoms with Crippen molar-refractivity contribution < 1.29 is 0 Å². The van der Waals surface area contributed by atoms with Crippen LogP contribution in [-0.4, -0.2) is 9.97 Å². The molecule has 0 amide bonds. The summed E-state index contributed by atoms with van der Waals surface area (Å²) in [5.74, 6) is 0.910. The van der Waals surface area contributed by atoms with E-state index in [9.17, 15) is 0 Å². The molecule has 0 spiro atoms. The van der Waals surface area contributed by atoms with Crippen LogP contribution in [0.15, 0.2) is 36.4 Å². The number of aryl methyl sites for hydroxylation is 1. The van der Waals surface area contributed by atoms with E-state index in [0.717, 1.165) is 28.1 Å². The van der Waals surface area contributed by atoms with E-state index < -0.39 is 0 Å². The maximum Gasteiger partial charge on any atom is 0.104 e. The van der Waals surface area contributed by atoms with Crippen LogP contribution in [0.4, 0.5) is 5.69 Å². The van der Waals surface area contributed by atoms with Crippen LogP contribution in [0.25, 0.3) is 11.0 Å². The first kappa shape index (κ1) is 14.2. The van der Waals surface area contributed by atoms with Gasteiger partial charge in [0, 0.05) is 5.69 Å². The molecular weight excluding hydrogens is 305 g/mol. The van der Waals surface area contributed by atoms with E-state index in [1.807, 2.05) is 37.3 Å². The standard InChI is InChI=1S/C16H15Cl2N3/c1-9(12-4-3-5-13(17)16(12)18)19-11-6-7-14-15(8-11)21-10(2)20-14/h3-9,19H,1-2H3,(H,20,21). The van der Waals surface area contributed by atoms with E-state index >= 15 is 0 Å². The average molecular weight is 320 g/mol. The van der Waals surface area contributed by atoms with Crippen molar-refractivity contribution in [1.82, 2.24) is 9.97 Å². The Morgan fingerprint density at radius 1 is 1.19 bits per heavy atom. The molecule has 1 unspecified atom stereocenters. The minimum absolute atomic E-state index is 0.0534. The van der Waals surface area contributed by atoms with Crippen LogP contribution in [0.3, 0.4) is 0 Å². The Kier molecular flexibility index (Phi) is 3.79. The molecule has 108 valence electrons. The second kappa shape index (κ2) is 5.58. The monoisotopic (exact) mass is 319 g/mol. The fourth-order valence-electron chi connectivity index (χ4n) is 2.41. The lowest BCUT2D eigenvalue weighted by Crippen LogP contribution is -2.07. The molecule has 3 aromatic rings. The summed E-state index contributed by atoms with van der Waals surface area (Å²) >= 11 is 12.3. The highest BCUT2D eigenvalue weighted by Crippen LogP contribution is 2.31. The number of nitrogens with zero attached hydrogens (tertiary/aromatic N) is 1. The molecule has 0 radical (unpaired) electrons. The van der Waals surface area contributed by atoms with Crippen molar-refractivity contribution in [3.63, 3.8) is 0 Å². The SMILES string of the molecule is Cc1nc2ccc(NC(C)c3cccc(Cl)c3Cl)cc2[nH]1. The van der Waals surface area contributed by atoms with E-state index in [2.05, 4.69) is 22.2 Å². The second-order valence-corrected chi connectivity index (χ2v) is 5.85. The molecule has 1 heterocycles. The Hall–Kier alpha value is -1.71. The van der Waals surface area contributed by atoms with Crippen molar-refractivity contribution >= 4 is 39.9 Å². The largest absolute Gasteiger partial charge is 0.378 e. The number of imidazole rings is 1. The van der Waals surface area contributed by atoms with Crippen LogP contribution in [0.5, 0.6) is 0 Å². The number of fused-ring (bicyclic) bond motifs is 1. The zero-order chi connectivity index (χ0) is 15.0. The molecule has 3 rings (SSSR count). The smallest absolute Gasteiger partial charge is 0.104 e. The molecule has 0 aliphatic heterocycles. The summed E-state index contributed by atoms with van der Waals surface area (Å²) < 4.78 is 0. The predicted octanol–water partition coefficient (Wildman–Crippen LogP) is 5.35. The van der Waals surface area contributed by atoms with Crippen LogP contribution >= 0.6 is 23.2 Å². The molecule has 0 aliphatic rings. The number of H-pyrrole nitrogens is 1. The van der Waals surface area contributed by atoms with Crippen molar-refractivity contribution in [3.8, 4) is 0 Å². The summed E-state index contributed by atoms with van der Waals surface area (Å²) in [6, 6.07) is 11.8. The summed E-state index contributed by atoms with van der Waals surface area (Å²) in [5, 5.41) is 4.60. The first-order chi connectivity index (χ1) is 10.0. The summed E-state index contributed by atoms with van der Waals surface area (Å²) in [5.41, 5.74) is 3.97. The fraction of sp³-hybridized carbons (Fsp3) is 0.188. The van der Waals surface area contributed by atoms with Crippen molar-refractivity contribution in [2.75, 3.05) is 5.32 Å². The van der Waals surface area contributed by atoms with Gasteiger partial charge >= 0.3 is 0 Å². The van der Waals surface area contributed by atoms with E-state index in [1.165, 1.54) is 0 Å². The lowest BCUT2D eigenvalue weighted by molar-refractivity contribution is 0.885. The van der Waals surface area contributed by atoms with Crippen LogP contribution in [0.2, 0.25) is 10.0 Å². The predicted molar refractivity (Wildman–Crippen MR) is 89.3 cm³/mol. The van der Waals surface area contributed by atoms with Gasteiger partial charge in [0.15, 0.2) is 0 Å². The van der Waals surface area contributed by atoms with Gasteiger partial charge in [0.1, 0.15) is 5.82 Å². The molecule has 1 atom stereocenters. The molecule has 2 N–H and O–H groups in total. The summed E-state index contributed by atoms with van der Waals surface area (Å²) in [7, 11) is 0. The zero-order valence-corrected chi connectivity index (χ0v) is 13.3. The van der Waals surface area contributed by atoms with Gasteiger partial charge in [0.05, 0.1) is 27.1 Å². The van der Waals surface area contributed by atoms with Gasteiger partial charge in [-0.1, -0.05) is 35.3 Å². The molecule has 0 fully saturated rings. The van der Waals surface area contributed by atoms with Crippen LogP contribution in [-0.2, 0) is 0 Å². The number of benzene rings is 2. The Balaban J connectivity index is 1.88. The van der Waals surface area contributed by atoms with Gasteiger partial charge in [-0.3, -0.25) is 0 Å². The molecule has 0 aliphatic carbocycles. The highest BCUT2D eigenvalue weighted by molar-refractivity contribution is 6.42. The van der Waals surface area contributed by atoms with Gasteiger partial charge in [0.2, 0.25) is 0 Å². The van der Waals surface area contributed by atoms with E-state index in [4.69, 9.17) is 23.2 Å². The number of hydrogen-bond acceptors (Lipinski definition) is 2. The van der Waals surface area contributed by atoms with Crippen molar-refractivity contribution in [1.29, 1.82) is 0 Å². The molecular formula is C16H15Cl2N3. The van der Waals surface area contributed by atoms with Crippen molar-refractivity contribution in [3.05, 3.63) is 57.8 Å². The number of aromatic nitrogens is 2. The molecule has 3 nitrogen and oxygen atoms in total. The third-order valence-corrected chi connectivity index (χ3v) is 4.26. The Morgan fingerprint density at radius 3 is 2.81 bits per heavy atom. The quantitative estimate of drug-likeness (QED) is 0.683. The minimum atomic E-state index is 0.0534. The lowest BCUT2D eigenvalue weighted by atomic mass is 10.1. The summed E-state index contributed by atoms with van der Waals surface area (Å²) in [6.45, 7) is 4.00. The van der Waals surface area contributed by atoms with E-state index in [1.54, 1.807) is 6.07 Å². The maximum absolute atomic E-state index is 6.26. The first-order valence-electron chi connectivity index (χ1n) is 6.71. The molecule has 5 heteroatoms. The molecule has 2 aromatic carbocycles. The second-order valence-electron chi connectivity index (χ2n) is 5.06. The normalized spacial score (nSPS) is 12.6.